The van der Waals surface area contributed by atoms with E-state index in [1.54, 1.807) is 6.07 Å². The molecule has 2 aromatic heterocycles. The van der Waals surface area contributed by atoms with Gasteiger partial charge < -0.3 is 15.5 Å². The third-order valence-corrected chi connectivity index (χ3v) is 3.33. The number of fused-ring (bicyclic) bond motifs is 1. The van der Waals surface area contributed by atoms with Gasteiger partial charge in [-0.3, -0.25) is 4.79 Å². The molecule has 0 aliphatic rings. The van der Waals surface area contributed by atoms with Gasteiger partial charge in [0.25, 0.3) is 0 Å². The number of anilines is 1. The molecular weight excluding hydrogens is 292 g/mol. The van der Waals surface area contributed by atoms with Crippen molar-refractivity contribution < 1.29 is 18.3 Å². The molecular formula is C15H11F2N3O2. The number of H-pyrrole nitrogens is 1. The normalized spacial score (nSPS) is 10.9. The van der Waals surface area contributed by atoms with E-state index in [1.165, 1.54) is 19.5 Å². The van der Waals surface area contributed by atoms with E-state index in [1.807, 2.05) is 0 Å². The maximum absolute atomic E-state index is 14.0. The summed E-state index contributed by atoms with van der Waals surface area (Å²) in [5.74, 6) is -2.43. The second kappa shape index (κ2) is 5.10. The number of hydrogen-bond acceptors (Lipinski definition) is 4. The van der Waals surface area contributed by atoms with E-state index in [2.05, 4.69) is 9.97 Å². The Kier molecular flexibility index (Phi) is 3.25. The Balaban J connectivity index is 2.20. The summed E-state index contributed by atoms with van der Waals surface area (Å²) in [4.78, 5) is 19.3. The molecule has 1 aromatic carbocycles. The maximum Gasteiger partial charge on any atom is 0.201 e. The molecule has 22 heavy (non-hydrogen) atoms. The lowest BCUT2D eigenvalue weighted by atomic mass is 10.0. The zero-order chi connectivity index (χ0) is 15.9. The first kappa shape index (κ1) is 14.0. The van der Waals surface area contributed by atoms with Crippen LogP contribution in [0.4, 0.5) is 14.5 Å². The van der Waals surface area contributed by atoms with Crippen LogP contribution in [0.15, 0.2) is 30.6 Å². The summed E-state index contributed by atoms with van der Waals surface area (Å²) in [6.45, 7) is 0. The van der Waals surface area contributed by atoms with Gasteiger partial charge in [-0.25, -0.2) is 13.8 Å². The van der Waals surface area contributed by atoms with Crippen molar-refractivity contribution in [2.24, 2.45) is 0 Å². The number of carbonyl (C=O) groups excluding carboxylic acids is 1. The number of ether oxygens (including phenoxy) is 1. The number of nitrogens with zero attached hydrogens (tertiary/aromatic N) is 1. The highest BCUT2D eigenvalue weighted by molar-refractivity contribution is 6.16. The standard InChI is InChI=1S/C15H11F2N3O2/c1-22-7-4-8-9(6-20-15(8)19-5-7)14(21)12-10(16)2-3-11(18)13(12)17/h2-6H,18H2,1H3,(H,19,20). The van der Waals surface area contributed by atoms with E-state index in [0.717, 1.165) is 12.1 Å². The Morgan fingerprint density at radius 1 is 1.36 bits per heavy atom. The number of hydrogen-bond donors (Lipinski definition) is 2. The third-order valence-electron chi connectivity index (χ3n) is 3.33. The zero-order valence-electron chi connectivity index (χ0n) is 11.5. The highest BCUT2D eigenvalue weighted by atomic mass is 19.1. The van der Waals surface area contributed by atoms with E-state index in [-0.39, 0.29) is 11.3 Å². The van der Waals surface area contributed by atoms with Gasteiger partial charge in [0, 0.05) is 17.1 Å². The first-order chi connectivity index (χ1) is 10.5. The molecule has 0 amide bonds. The minimum atomic E-state index is -1.07. The number of nitrogens with two attached hydrogens (primary N) is 1. The number of methoxy groups -OCH3 is 1. The summed E-state index contributed by atoms with van der Waals surface area (Å²) in [5, 5.41) is 0.408. The molecule has 0 radical (unpaired) electrons. The average Bonchev–Trinajstić information content (AvgIpc) is 2.94. The molecule has 0 saturated heterocycles. The minimum absolute atomic E-state index is 0.0878. The molecule has 0 atom stereocenters. The van der Waals surface area contributed by atoms with Gasteiger partial charge in [-0.1, -0.05) is 0 Å². The van der Waals surface area contributed by atoms with Gasteiger partial charge in [0.05, 0.1) is 24.6 Å². The summed E-state index contributed by atoms with van der Waals surface area (Å²) in [7, 11) is 1.45. The molecule has 5 nitrogen and oxygen atoms in total. The summed E-state index contributed by atoms with van der Waals surface area (Å²) in [5.41, 5.74) is 4.92. The molecule has 0 bridgehead atoms. The fourth-order valence-electron chi connectivity index (χ4n) is 2.20. The summed E-state index contributed by atoms with van der Waals surface area (Å²) in [6.07, 6.45) is 2.82. The minimum Gasteiger partial charge on any atom is -0.495 e. The Hall–Kier alpha value is -2.96. The monoisotopic (exact) mass is 303 g/mol. The summed E-state index contributed by atoms with van der Waals surface area (Å²) in [6, 6.07) is 3.59. The van der Waals surface area contributed by atoms with Crippen molar-refractivity contribution in [1.82, 2.24) is 9.97 Å². The molecule has 2 heterocycles. The third kappa shape index (κ3) is 2.07. The molecule has 3 rings (SSSR count). The Morgan fingerprint density at radius 2 is 2.14 bits per heavy atom. The smallest absolute Gasteiger partial charge is 0.201 e. The summed E-state index contributed by atoms with van der Waals surface area (Å²) >= 11 is 0. The van der Waals surface area contributed by atoms with Crippen molar-refractivity contribution in [1.29, 1.82) is 0 Å². The van der Waals surface area contributed by atoms with Crippen molar-refractivity contribution in [3.05, 3.63) is 53.4 Å². The number of rotatable bonds is 3. The van der Waals surface area contributed by atoms with Crippen molar-refractivity contribution >= 4 is 22.5 Å². The lowest BCUT2D eigenvalue weighted by Crippen LogP contribution is -2.09. The van der Waals surface area contributed by atoms with Crippen LogP contribution in [0.2, 0.25) is 0 Å². The molecule has 0 aliphatic carbocycles. The number of halogens is 2. The van der Waals surface area contributed by atoms with E-state index in [0.29, 0.717) is 16.8 Å². The number of aromatic nitrogens is 2. The number of benzene rings is 1. The molecule has 0 fully saturated rings. The van der Waals surface area contributed by atoms with Gasteiger partial charge in [0.15, 0.2) is 5.82 Å². The molecule has 0 spiro atoms. The van der Waals surface area contributed by atoms with Gasteiger partial charge in [-0.05, 0) is 18.2 Å². The Labute approximate surface area is 123 Å². The largest absolute Gasteiger partial charge is 0.495 e. The highest BCUT2D eigenvalue weighted by Crippen LogP contribution is 2.27. The molecule has 3 N–H and O–H groups in total. The van der Waals surface area contributed by atoms with Crippen LogP contribution in [0.1, 0.15) is 15.9 Å². The number of ketones is 1. The number of nitrogens with one attached hydrogen (secondary N) is 1. The van der Waals surface area contributed by atoms with Crippen molar-refractivity contribution in [3.8, 4) is 5.75 Å². The number of pyridine rings is 1. The predicted octanol–water partition coefficient (Wildman–Crippen LogP) is 2.66. The van der Waals surface area contributed by atoms with Crippen LogP contribution >= 0.6 is 0 Å². The molecule has 112 valence electrons. The fourth-order valence-corrected chi connectivity index (χ4v) is 2.20. The fraction of sp³-hybridized carbons (Fsp3) is 0.0667. The summed E-state index contributed by atoms with van der Waals surface area (Å²) < 4.78 is 32.9. The highest BCUT2D eigenvalue weighted by Gasteiger charge is 2.23. The topological polar surface area (TPSA) is 81.0 Å². The maximum atomic E-state index is 14.0. The van der Waals surface area contributed by atoms with Crippen molar-refractivity contribution in [3.63, 3.8) is 0 Å². The van der Waals surface area contributed by atoms with E-state index < -0.39 is 23.0 Å². The number of nitrogen functional groups attached to an aromatic ring is 1. The van der Waals surface area contributed by atoms with Crippen LogP contribution in [-0.4, -0.2) is 22.9 Å². The van der Waals surface area contributed by atoms with Crippen molar-refractivity contribution in [2.45, 2.75) is 0 Å². The van der Waals surface area contributed by atoms with Crippen LogP contribution in [0, 0.1) is 11.6 Å². The average molecular weight is 303 g/mol. The Bertz CT molecular complexity index is 890. The lowest BCUT2D eigenvalue weighted by Gasteiger charge is -2.06. The second-order valence-corrected chi connectivity index (χ2v) is 4.63. The van der Waals surface area contributed by atoms with Crippen LogP contribution in [0.5, 0.6) is 5.75 Å². The lowest BCUT2D eigenvalue weighted by molar-refractivity contribution is 0.103. The molecule has 0 saturated carbocycles. The van der Waals surface area contributed by atoms with Gasteiger partial charge in [-0.2, -0.15) is 0 Å². The second-order valence-electron chi connectivity index (χ2n) is 4.63. The van der Waals surface area contributed by atoms with Gasteiger partial charge in [0.1, 0.15) is 17.2 Å². The van der Waals surface area contributed by atoms with E-state index >= 15 is 0 Å². The number of carbonyl (C=O) groups is 1. The van der Waals surface area contributed by atoms with E-state index in [9.17, 15) is 13.6 Å². The predicted molar refractivity (Wildman–Crippen MR) is 76.8 cm³/mol. The molecule has 0 unspecified atom stereocenters. The van der Waals surface area contributed by atoms with Gasteiger partial charge >= 0.3 is 0 Å². The number of aromatic amines is 1. The molecule has 7 heteroatoms. The van der Waals surface area contributed by atoms with Crippen LogP contribution in [-0.2, 0) is 0 Å². The molecule has 3 aromatic rings. The zero-order valence-corrected chi connectivity index (χ0v) is 11.5. The van der Waals surface area contributed by atoms with E-state index in [4.69, 9.17) is 10.5 Å². The van der Waals surface area contributed by atoms with Crippen LogP contribution < -0.4 is 10.5 Å². The van der Waals surface area contributed by atoms with Crippen molar-refractivity contribution in [2.75, 3.05) is 12.8 Å². The Morgan fingerprint density at radius 3 is 2.86 bits per heavy atom. The quantitative estimate of drug-likeness (QED) is 0.576. The SMILES string of the molecule is COc1cnc2[nH]cc(C(=O)c3c(F)ccc(N)c3F)c2c1. The first-order valence-corrected chi connectivity index (χ1v) is 6.32. The molecule has 0 aliphatic heterocycles. The van der Waals surface area contributed by atoms with Crippen LogP contribution in [0.25, 0.3) is 11.0 Å². The van der Waals surface area contributed by atoms with Gasteiger partial charge in [0.2, 0.25) is 5.78 Å². The van der Waals surface area contributed by atoms with Gasteiger partial charge in [-0.15, -0.1) is 0 Å². The van der Waals surface area contributed by atoms with Crippen LogP contribution in [0.3, 0.4) is 0 Å². The first-order valence-electron chi connectivity index (χ1n) is 6.32.